The zero-order valence-corrected chi connectivity index (χ0v) is 13.1. The van der Waals surface area contributed by atoms with Crippen LogP contribution in [-0.2, 0) is 9.84 Å². The van der Waals surface area contributed by atoms with Crippen LogP contribution in [0, 0.1) is 0 Å². The molecule has 3 aromatic rings. The largest absolute Gasteiger partial charge is 0.511 e. The second-order valence-corrected chi connectivity index (χ2v) is 7.01. The van der Waals surface area contributed by atoms with Gasteiger partial charge < -0.3 is 14.8 Å². The highest BCUT2D eigenvalue weighted by atomic mass is 35.5. The van der Waals surface area contributed by atoms with Crippen LogP contribution >= 0.6 is 11.6 Å². The molecular weight excluding hydrogens is 348 g/mol. The molecule has 1 aromatic carbocycles. The van der Waals surface area contributed by atoms with Gasteiger partial charge in [0.2, 0.25) is 5.95 Å². The van der Waals surface area contributed by atoms with Crippen molar-refractivity contribution in [2.75, 3.05) is 6.26 Å². The summed E-state index contributed by atoms with van der Waals surface area (Å²) in [5, 5.41) is 12.5. The molecule has 0 aliphatic heterocycles. The maximum Gasteiger partial charge on any atom is 0.511 e. The molecule has 2 N–H and O–H groups in total. The zero-order chi connectivity index (χ0) is 16.8. The van der Waals surface area contributed by atoms with E-state index in [1.807, 2.05) is 0 Å². The van der Waals surface area contributed by atoms with E-state index in [2.05, 4.69) is 19.8 Å². The second kappa shape index (κ2) is 5.25. The first-order chi connectivity index (χ1) is 10.7. The number of rotatable bonds is 3. The highest BCUT2D eigenvalue weighted by Crippen LogP contribution is 2.27. The van der Waals surface area contributed by atoms with E-state index >= 15 is 0 Å². The third-order valence-corrected chi connectivity index (χ3v) is 4.47. The van der Waals surface area contributed by atoms with Crippen molar-refractivity contribution in [3.05, 3.63) is 29.5 Å². The van der Waals surface area contributed by atoms with Crippen LogP contribution in [0.15, 0.2) is 29.4 Å². The predicted molar refractivity (Wildman–Crippen MR) is 80.0 cm³/mol. The summed E-state index contributed by atoms with van der Waals surface area (Å²) in [5.41, 5.74) is 0.884. The Kier molecular flexibility index (Phi) is 3.49. The molecule has 0 saturated carbocycles. The van der Waals surface area contributed by atoms with Crippen LogP contribution in [0.4, 0.5) is 4.79 Å². The fraction of sp³-hybridized carbons (Fsp3) is 0.0833. The Balaban J connectivity index is 2.06. The van der Waals surface area contributed by atoms with E-state index in [0.29, 0.717) is 11.0 Å². The van der Waals surface area contributed by atoms with Crippen molar-refractivity contribution in [1.82, 2.24) is 19.7 Å². The quantitative estimate of drug-likeness (QED) is 0.685. The summed E-state index contributed by atoms with van der Waals surface area (Å²) in [5.74, 6) is 0.273. The van der Waals surface area contributed by atoms with Gasteiger partial charge in [0.05, 0.1) is 33.3 Å². The number of H-pyrrole nitrogens is 1. The van der Waals surface area contributed by atoms with Gasteiger partial charge in [0.25, 0.3) is 0 Å². The maximum atomic E-state index is 11.7. The van der Waals surface area contributed by atoms with Crippen molar-refractivity contribution >= 4 is 38.6 Å². The number of ether oxygens (including phenoxy) is 1. The number of sulfone groups is 1. The maximum absolute atomic E-state index is 11.7. The normalized spacial score (nSPS) is 11.7. The third kappa shape index (κ3) is 2.98. The van der Waals surface area contributed by atoms with Crippen LogP contribution in [-0.4, -0.2) is 45.7 Å². The van der Waals surface area contributed by atoms with E-state index in [-0.39, 0.29) is 21.6 Å². The molecule has 0 aliphatic carbocycles. The van der Waals surface area contributed by atoms with Crippen LogP contribution in [0.3, 0.4) is 0 Å². The molecule has 9 nitrogen and oxygen atoms in total. The number of carboxylic acid groups (broad SMARTS) is 1. The Hall–Kier alpha value is -2.59. The summed E-state index contributed by atoms with van der Waals surface area (Å²) in [6.45, 7) is 0. The minimum atomic E-state index is -3.48. The van der Waals surface area contributed by atoms with Crippen LogP contribution in [0.25, 0.3) is 17.0 Å². The molecule has 0 unspecified atom stereocenters. The van der Waals surface area contributed by atoms with Crippen LogP contribution < -0.4 is 4.74 Å². The van der Waals surface area contributed by atoms with Gasteiger partial charge in [0.1, 0.15) is 0 Å². The molecule has 0 aliphatic rings. The topological polar surface area (TPSA) is 127 Å². The first-order valence-corrected chi connectivity index (χ1v) is 8.36. The summed E-state index contributed by atoms with van der Waals surface area (Å²) >= 11 is 5.96. The second-order valence-electron chi connectivity index (χ2n) is 4.62. The number of fused-ring (bicyclic) bond motifs is 1. The van der Waals surface area contributed by atoms with Crippen LogP contribution in [0.2, 0.25) is 5.02 Å². The number of aromatic nitrogens is 4. The van der Waals surface area contributed by atoms with Crippen molar-refractivity contribution < 1.29 is 23.1 Å². The van der Waals surface area contributed by atoms with Gasteiger partial charge in [0.15, 0.2) is 15.6 Å². The Morgan fingerprint density at radius 1 is 1.43 bits per heavy atom. The van der Waals surface area contributed by atoms with Crippen molar-refractivity contribution in [1.29, 1.82) is 0 Å². The number of halogens is 1. The zero-order valence-electron chi connectivity index (χ0n) is 11.5. The molecule has 0 fully saturated rings. The van der Waals surface area contributed by atoms with Gasteiger partial charge in [-0.15, -0.1) is 0 Å². The number of benzene rings is 1. The Morgan fingerprint density at radius 3 is 2.83 bits per heavy atom. The molecule has 11 heteroatoms. The van der Waals surface area contributed by atoms with Crippen molar-refractivity contribution in [2.24, 2.45) is 0 Å². The predicted octanol–water partition coefficient (Wildman–Crippen LogP) is 1.86. The average molecular weight is 357 g/mol. The molecule has 0 radical (unpaired) electrons. The van der Waals surface area contributed by atoms with E-state index in [1.165, 1.54) is 29.2 Å². The lowest BCUT2D eigenvalue weighted by Crippen LogP contribution is -2.02. The van der Waals surface area contributed by atoms with Gasteiger partial charge in [-0.2, -0.15) is 5.10 Å². The molecule has 0 amide bonds. The molecule has 0 saturated heterocycles. The number of hydrogen-bond acceptors (Lipinski definition) is 6. The van der Waals surface area contributed by atoms with E-state index in [4.69, 9.17) is 16.7 Å². The lowest BCUT2D eigenvalue weighted by atomic mass is 10.3. The number of nitrogens with zero attached hydrogens (tertiary/aromatic N) is 3. The van der Waals surface area contributed by atoms with Crippen molar-refractivity contribution in [3.63, 3.8) is 0 Å². The van der Waals surface area contributed by atoms with E-state index < -0.39 is 16.0 Å². The summed E-state index contributed by atoms with van der Waals surface area (Å²) in [6.07, 6.45) is 2.11. The lowest BCUT2D eigenvalue weighted by Gasteiger charge is -2.00. The van der Waals surface area contributed by atoms with Gasteiger partial charge in [-0.05, 0) is 12.1 Å². The fourth-order valence-electron chi connectivity index (χ4n) is 1.97. The average Bonchev–Trinajstić information content (AvgIpc) is 3.01. The van der Waals surface area contributed by atoms with Crippen molar-refractivity contribution in [3.8, 4) is 11.7 Å². The van der Waals surface area contributed by atoms with Crippen LogP contribution in [0.1, 0.15) is 0 Å². The minimum absolute atomic E-state index is 0.0165. The molecule has 2 aromatic heterocycles. The Labute approximate surface area is 134 Å². The number of carbonyl (C=O) groups is 1. The molecular formula is C12H9ClN4O5S. The molecule has 2 heterocycles. The molecule has 120 valence electrons. The number of imidazole rings is 1. The molecule has 0 atom stereocenters. The van der Waals surface area contributed by atoms with E-state index in [1.54, 1.807) is 0 Å². The van der Waals surface area contributed by atoms with Gasteiger partial charge in [0, 0.05) is 6.26 Å². The number of nitrogens with one attached hydrogen (secondary N) is 1. The highest BCUT2D eigenvalue weighted by molar-refractivity contribution is 7.90. The summed E-state index contributed by atoms with van der Waals surface area (Å²) in [4.78, 5) is 17.6. The molecule has 23 heavy (non-hydrogen) atoms. The van der Waals surface area contributed by atoms with E-state index in [0.717, 1.165) is 6.26 Å². The highest BCUT2D eigenvalue weighted by Gasteiger charge is 2.16. The van der Waals surface area contributed by atoms with Gasteiger partial charge in [-0.3, -0.25) is 0 Å². The summed E-state index contributed by atoms with van der Waals surface area (Å²) in [6, 6.07) is 2.80. The first kappa shape index (κ1) is 15.3. The van der Waals surface area contributed by atoms with Gasteiger partial charge in [-0.1, -0.05) is 11.6 Å². The minimum Gasteiger partial charge on any atom is -0.449 e. The number of aromatic amines is 1. The fourth-order valence-corrected chi connectivity index (χ4v) is 3.29. The van der Waals surface area contributed by atoms with Gasteiger partial charge >= 0.3 is 6.16 Å². The molecule has 0 spiro atoms. The molecule has 3 rings (SSSR count). The standard InChI is InChI=1S/C12H9ClN4O5S/c1-23(20,21)10-3-9-8(2-7(10)13)15-11(16-9)17-5-6(4-14-17)22-12(18)19/h2-5H,1H3,(H,15,16)(H,18,19). The first-order valence-electron chi connectivity index (χ1n) is 6.09. The van der Waals surface area contributed by atoms with Gasteiger partial charge in [-0.25, -0.2) is 22.9 Å². The summed E-state index contributed by atoms with van der Waals surface area (Å²) < 4.78 is 29.1. The Bertz CT molecular complexity index is 1020. The lowest BCUT2D eigenvalue weighted by molar-refractivity contribution is 0.144. The third-order valence-electron chi connectivity index (χ3n) is 2.90. The SMILES string of the molecule is CS(=O)(=O)c1cc2[nH]c(-n3cc(OC(=O)O)cn3)nc2cc1Cl. The Morgan fingerprint density at radius 2 is 2.17 bits per heavy atom. The van der Waals surface area contributed by atoms with E-state index in [9.17, 15) is 13.2 Å². The molecule has 0 bridgehead atoms. The van der Waals surface area contributed by atoms with Crippen LogP contribution in [0.5, 0.6) is 5.75 Å². The monoisotopic (exact) mass is 356 g/mol. The number of hydrogen-bond donors (Lipinski definition) is 2. The summed E-state index contributed by atoms with van der Waals surface area (Å²) in [7, 11) is -3.48. The van der Waals surface area contributed by atoms with Crippen molar-refractivity contribution in [2.45, 2.75) is 4.90 Å². The smallest absolute Gasteiger partial charge is 0.449 e.